The van der Waals surface area contributed by atoms with Gasteiger partial charge in [0.05, 0.1) is 12.1 Å². The summed E-state index contributed by atoms with van der Waals surface area (Å²) in [6, 6.07) is 2.31. The van der Waals surface area contributed by atoms with Gasteiger partial charge in [-0.15, -0.1) is 0 Å². The summed E-state index contributed by atoms with van der Waals surface area (Å²) in [4.78, 5) is 0. The minimum atomic E-state index is 0.0509. The third-order valence-corrected chi connectivity index (χ3v) is 1.50. The topological polar surface area (TPSA) is 35.8 Å². The zero-order valence-electron chi connectivity index (χ0n) is 7.72. The van der Waals surface area contributed by atoms with Crippen molar-refractivity contribution in [3.8, 4) is 6.07 Å². The molecule has 0 rings (SSSR count). The lowest BCUT2D eigenvalue weighted by atomic mass is 10.1. The van der Waals surface area contributed by atoms with Crippen molar-refractivity contribution in [3.05, 3.63) is 0 Å². The average Bonchev–Trinajstić information content (AvgIpc) is 1.97. The van der Waals surface area contributed by atoms with E-state index in [1.807, 2.05) is 0 Å². The molecule has 0 amide bonds. The van der Waals surface area contributed by atoms with Gasteiger partial charge in [0, 0.05) is 0 Å². The van der Waals surface area contributed by atoms with Crippen molar-refractivity contribution in [3.63, 3.8) is 0 Å². The minimum Gasteiger partial charge on any atom is -0.302 e. The van der Waals surface area contributed by atoms with Gasteiger partial charge in [0.2, 0.25) is 0 Å². The number of nitrogens with one attached hydrogen (secondary N) is 1. The van der Waals surface area contributed by atoms with E-state index in [2.05, 4.69) is 32.2 Å². The lowest BCUT2D eigenvalue weighted by Crippen LogP contribution is -2.29. The molecule has 0 aromatic heterocycles. The highest BCUT2D eigenvalue weighted by Gasteiger charge is 2.06. The molecule has 1 N–H and O–H groups in total. The standard InChI is InChI=1S/C9H18N2/c1-4-5-11-9(7-10)6-8(2)3/h8-9,11H,4-6H2,1-3H3. The van der Waals surface area contributed by atoms with Crippen LogP contribution < -0.4 is 5.32 Å². The fourth-order valence-corrected chi connectivity index (χ4v) is 0.972. The van der Waals surface area contributed by atoms with Crippen LogP contribution in [0.2, 0.25) is 0 Å². The van der Waals surface area contributed by atoms with Crippen LogP contribution in [0.4, 0.5) is 0 Å². The molecular formula is C9H18N2. The zero-order chi connectivity index (χ0) is 8.69. The first-order valence-electron chi connectivity index (χ1n) is 4.33. The van der Waals surface area contributed by atoms with Crippen LogP contribution >= 0.6 is 0 Å². The molecule has 64 valence electrons. The van der Waals surface area contributed by atoms with E-state index in [0.717, 1.165) is 19.4 Å². The molecule has 2 nitrogen and oxygen atoms in total. The monoisotopic (exact) mass is 154 g/mol. The molecule has 0 saturated carbocycles. The Morgan fingerprint density at radius 2 is 2.09 bits per heavy atom. The molecule has 11 heavy (non-hydrogen) atoms. The molecule has 0 aliphatic carbocycles. The Bertz CT molecular complexity index is 124. The Morgan fingerprint density at radius 3 is 2.45 bits per heavy atom. The quantitative estimate of drug-likeness (QED) is 0.656. The normalized spacial score (nSPS) is 13.0. The molecule has 0 spiro atoms. The van der Waals surface area contributed by atoms with Crippen LogP contribution in [-0.4, -0.2) is 12.6 Å². The van der Waals surface area contributed by atoms with E-state index in [-0.39, 0.29) is 6.04 Å². The van der Waals surface area contributed by atoms with Crippen molar-refractivity contribution in [2.24, 2.45) is 5.92 Å². The number of nitriles is 1. The number of hydrogen-bond donors (Lipinski definition) is 1. The van der Waals surface area contributed by atoms with Gasteiger partial charge >= 0.3 is 0 Å². The smallest absolute Gasteiger partial charge is 0.0955 e. The van der Waals surface area contributed by atoms with Crippen LogP contribution in [0, 0.1) is 17.2 Å². The molecular weight excluding hydrogens is 136 g/mol. The molecule has 0 aliphatic rings. The summed E-state index contributed by atoms with van der Waals surface area (Å²) in [6.07, 6.45) is 2.05. The van der Waals surface area contributed by atoms with E-state index in [1.54, 1.807) is 0 Å². The van der Waals surface area contributed by atoms with Crippen molar-refractivity contribution in [2.75, 3.05) is 6.54 Å². The first kappa shape index (κ1) is 10.4. The van der Waals surface area contributed by atoms with Crippen LogP contribution in [-0.2, 0) is 0 Å². The van der Waals surface area contributed by atoms with Gasteiger partial charge in [-0.25, -0.2) is 0 Å². The molecule has 0 radical (unpaired) electrons. The molecule has 2 heteroatoms. The third-order valence-electron chi connectivity index (χ3n) is 1.50. The van der Waals surface area contributed by atoms with Gasteiger partial charge in [0.25, 0.3) is 0 Å². The van der Waals surface area contributed by atoms with Gasteiger partial charge in [0.1, 0.15) is 0 Å². The van der Waals surface area contributed by atoms with Gasteiger partial charge < -0.3 is 5.32 Å². The van der Waals surface area contributed by atoms with E-state index in [9.17, 15) is 0 Å². The van der Waals surface area contributed by atoms with Crippen molar-refractivity contribution in [1.29, 1.82) is 5.26 Å². The molecule has 0 aromatic rings. The maximum atomic E-state index is 8.69. The van der Waals surface area contributed by atoms with Crippen LogP contribution in [0.25, 0.3) is 0 Å². The molecule has 0 saturated heterocycles. The second-order valence-corrected chi connectivity index (χ2v) is 3.27. The first-order chi connectivity index (χ1) is 5.20. The molecule has 0 heterocycles. The van der Waals surface area contributed by atoms with Gasteiger partial charge in [-0.1, -0.05) is 20.8 Å². The van der Waals surface area contributed by atoms with Crippen LogP contribution in [0.5, 0.6) is 0 Å². The van der Waals surface area contributed by atoms with Crippen LogP contribution in [0.15, 0.2) is 0 Å². The van der Waals surface area contributed by atoms with E-state index >= 15 is 0 Å². The number of rotatable bonds is 5. The maximum absolute atomic E-state index is 8.69. The second kappa shape index (κ2) is 6.18. The largest absolute Gasteiger partial charge is 0.302 e. The summed E-state index contributed by atoms with van der Waals surface area (Å²) in [6.45, 7) is 7.33. The zero-order valence-corrected chi connectivity index (χ0v) is 7.72. The SMILES string of the molecule is CCCNC(C#N)CC(C)C. The Balaban J connectivity index is 3.52. The molecule has 0 bridgehead atoms. The third kappa shape index (κ3) is 5.87. The summed E-state index contributed by atoms with van der Waals surface area (Å²) in [5.41, 5.74) is 0. The predicted octanol–water partition coefficient (Wildman–Crippen LogP) is 1.92. The Labute approximate surface area is 69.6 Å². The fraction of sp³-hybridized carbons (Fsp3) is 0.889. The maximum Gasteiger partial charge on any atom is 0.0955 e. The van der Waals surface area contributed by atoms with E-state index in [0.29, 0.717) is 5.92 Å². The Morgan fingerprint density at radius 1 is 1.45 bits per heavy atom. The van der Waals surface area contributed by atoms with Crippen molar-refractivity contribution in [2.45, 2.75) is 39.7 Å². The number of nitrogens with zero attached hydrogens (tertiary/aromatic N) is 1. The molecule has 0 aromatic carbocycles. The van der Waals surface area contributed by atoms with Crippen molar-refractivity contribution >= 4 is 0 Å². The van der Waals surface area contributed by atoms with E-state index in [4.69, 9.17) is 5.26 Å². The fourth-order valence-electron chi connectivity index (χ4n) is 0.972. The van der Waals surface area contributed by atoms with E-state index < -0.39 is 0 Å². The van der Waals surface area contributed by atoms with Crippen molar-refractivity contribution in [1.82, 2.24) is 5.32 Å². The molecule has 1 atom stereocenters. The van der Waals surface area contributed by atoms with Crippen LogP contribution in [0.1, 0.15) is 33.6 Å². The van der Waals surface area contributed by atoms with Gasteiger partial charge in [-0.2, -0.15) is 5.26 Å². The summed E-state index contributed by atoms with van der Waals surface area (Å²) in [5.74, 6) is 0.601. The Hall–Kier alpha value is -0.550. The highest BCUT2D eigenvalue weighted by molar-refractivity contribution is 4.89. The van der Waals surface area contributed by atoms with Gasteiger partial charge in [-0.05, 0) is 25.3 Å². The highest BCUT2D eigenvalue weighted by atomic mass is 14.9. The van der Waals surface area contributed by atoms with Gasteiger partial charge in [-0.3, -0.25) is 0 Å². The highest BCUT2D eigenvalue weighted by Crippen LogP contribution is 2.03. The summed E-state index contributed by atoms with van der Waals surface area (Å²) >= 11 is 0. The molecule has 0 aliphatic heterocycles. The number of hydrogen-bond acceptors (Lipinski definition) is 2. The molecule has 1 unspecified atom stereocenters. The minimum absolute atomic E-state index is 0.0509. The lowest BCUT2D eigenvalue weighted by Gasteiger charge is -2.12. The average molecular weight is 154 g/mol. The van der Waals surface area contributed by atoms with E-state index in [1.165, 1.54) is 0 Å². The summed E-state index contributed by atoms with van der Waals surface area (Å²) < 4.78 is 0. The summed E-state index contributed by atoms with van der Waals surface area (Å²) in [5, 5.41) is 11.9. The lowest BCUT2D eigenvalue weighted by molar-refractivity contribution is 0.479. The second-order valence-electron chi connectivity index (χ2n) is 3.27. The summed E-state index contributed by atoms with van der Waals surface area (Å²) in [7, 11) is 0. The van der Waals surface area contributed by atoms with Crippen molar-refractivity contribution < 1.29 is 0 Å². The van der Waals surface area contributed by atoms with Crippen LogP contribution in [0.3, 0.4) is 0 Å². The first-order valence-corrected chi connectivity index (χ1v) is 4.33. The molecule has 0 fully saturated rings. The Kier molecular flexibility index (Phi) is 5.87. The predicted molar refractivity (Wildman–Crippen MR) is 47.1 cm³/mol. The van der Waals surface area contributed by atoms with Gasteiger partial charge in [0.15, 0.2) is 0 Å².